The summed E-state index contributed by atoms with van der Waals surface area (Å²) in [6, 6.07) is 6.25. The molecule has 0 atom stereocenters. The van der Waals surface area contributed by atoms with Crippen LogP contribution < -0.4 is 0 Å². The van der Waals surface area contributed by atoms with Gasteiger partial charge < -0.3 is 0 Å². The lowest BCUT2D eigenvalue weighted by Gasteiger charge is -1.97. The first-order valence-corrected chi connectivity index (χ1v) is 6.55. The lowest BCUT2D eigenvalue weighted by atomic mass is 10.1. The summed E-state index contributed by atoms with van der Waals surface area (Å²) in [6.45, 7) is 0. The number of fused-ring (bicyclic) bond motifs is 1. The van der Waals surface area contributed by atoms with E-state index in [9.17, 15) is 0 Å². The van der Waals surface area contributed by atoms with Crippen molar-refractivity contribution in [2.75, 3.05) is 0 Å². The van der Waals surface area contributed by atoms with Gasteiger partial charge in [-0.3, -0.25) is 9.36 Å². The molecule has 0 bridgehead atoms. The minimum Gasteiger partial charge on any atom is -0.268 e. The van der Waals surface area contributed by atoms with Crippen LogP contribution in [0.2, 0.25) is 0 Å². The van der Waals surface area contributed by atoms with Crippen LogP contribution in [0.3, 0.4) is 0 Å². The van der Waals surface area contributed by atoms with Crippen molar-refractivity contribution in [1.82, 2.24) is 24.5 Å². The molecule has 96 valence electrons. The van der Waals surface area contributed by atoms with Crippen LogP contribution in [0.15, 0.2) is 24.4 Å². The van der Waals surface area contributed by atoms with Crippen LogP contribution in [0.1, 0.15) is 24.6 Å². The third-order valence-corrected chi connectivity index (χ3v) is 3.75. The Hall–Kier alpha value is -2.17. The molecule has 0 unspecified atom stereocenters. The van der Waals surface area contributed by atoms with Crippen LogP contribution in [0.5, 0.6) is 0 Å². The molecule has 1 aliphatic rings. The second kappa shape index (κ2) is 3.66. The minimum absolute atomic E-state index is 0.617. The van der Waals surface area contributed by atoms with Crippen molar-refractivity contribution >= 4 is 10.9 Å². The predicted octanol–water partition coefficient (Wildman–Crippen LogP) is 2.25. The number of benzene rings is 1. The molecule has 0 N–H and O–H groups in total. The van der Waals surface area contributed by atoms with Crippen molar-refractivity contribution in [3.63, 3.8) is 0 Å². The third kappa shape index (κ3) is 1.65. The van der Waals surface area contributed by atoms with Gasteiger partial charge >= 0.3 is 0 Å². The van der Waals surface area contributed by atoms with Gasteiger partial charge in [0.05, 0.1) is 11.7 Å². The maximum absolute atomic E-state index is 4.69. The van der Waals surface area contributed by atoms with Crippen LogP contribution in [-0.4, -0.2) is 24.5 Å². The SMILES string of the molecule is Cn1nc(-c2ccc3cnn(C)c3c2)nc1C1CC1. The topological polar surface area (TPSA) is 48.5 Å². The number of rotatable bonds is 2. The second-order valence-corrected chi connectivity index (χ2v) is 5.23. The first-order valence-electron chi connectivity index (χ1n) is 6.55. The average molecular weight is 253 g/mol. The van der Waals surface area contributed by atoms with Crippen LogP contribution in [-0.2, 0) is 14.1 Å². The van der Waals surface area contributed by atoms with E-state index in [0.29, 0.717) is 5.92 Å². The minimum atomic E-state index is 0.617. The fraction of sp³-hybridized carbons (Fsp3) is 0.357. The van der Waals surface area contributed by atoms with Gasteiger partial charge in [-0.1, -0.05) is 12.1 Å². The molecule has 1 aromatic carbocycles. The smallest absolute Gasteiger partial charge is 0.181 e. The number of nitrogens with zero attached hydrogens (tertiary/aromatic N) is 5. The van der Waals surface area contributed by atoms with Crippen molar-refractivity contribution in [3.8, 4) is 11.4 Å². The van der Waals surface area contributed by atoms with E-state index < -0.39 is 0 Å². The van der Waals surface area contributed by atoms with E-state index in [0.717, 1.165) is 28.1 Å². The Bertz CT molecular complexity index is 763. The molecule has 2 aromatic heterocycles. The Balaban J connectivity index is 1.84. The average Bonchev–Trinajstić information content (AvgIpc) is 3.09. The number of hydrogen-bond donors (Lipinski definition) is 0. The Morgan fingerprint density at radius 2 is 2.00 bits per heavy atom. The van der Waals surface area contributed by atoms with E-state index in [2.05, 4.69) is 33.4 Å². The summed E-state index contributed by atoms with van der Waals surface area (Å²) in [7, 11) is 3.93. The van der Waals surface area contributed by atoms with Gasteiger partial charge in [-0.05, 0) is 18.9 Å². The fourth-order valence-electron chi connectivity index (χ4n) is 2.50. The van der Waals surface area contributed by atoms with Gasteiger partial charge in [-0.15, -0.1) is 0 Å². The summed E-state index contributed by atoms with van der Waals surface area (Å²) in [5.41, 5.74) is 2.16. The summed E-state index contributed by atoms with van der Waals surface area (Å²) in [6.07, 6.45) is 4.36. The molecular weight excluding hydrogens is 238 g/mol. The van der Waals surface area contributed by atoms with E-state index in [1.54, 1.807) is 0 Å². The zero-order valence-corrected chi connectivity index (χ0v) is 11.0. The van der Waals surface area contributed by atoms with Crippen molar-refractivity contribution in [2.24, 2.45) is 14.1 Å². The Kier molecular flexibility index (Phi) is 2.07. The molecule has 0 saturated heterocycles. The molecule has 2 heterocycles. The zero-order valence-electron chi connectivity index (χ0n) is 11.0. The Morgan fingerprint density at radius 1 is 1.16 bits per heavy atom. The highest BCUT2D eigenvalue weighted by atomic mass is 15.3. The number of aromatic nitrogens is 5. The molecule has 4 rings (SSSR count). The van der Waals surface area contributed by atoms with Gasteiger partial charge in [-0.2, -0.15) is 10.2 Å². The maximum atomic E-state index is 4.69. The lowest BCUT2D eigenvalue weighted by molar-refractivity contribution is 0.705. The standard InChI is InChI=1S/C14H15N5/c1-18-12-7-10(5-6-11(12)8-15-18)13-16-14(9-3-4-9)19(2)17-13/h5-9H,3-4H2,1-2H3. The van der Waals surface area contributed by atoms with Gasteiger partial charge in [-0.25, -0.2) is 4.98 Å². The summed E-state index contributed by atoms with van der Waals surface area (Å²) < 4.78 is 3.80. The van der Waals surface area contributed by atoms with Gasteiger partial charge in [0.25, 0.3) is 0 Å². The van der Waals surface area contributed by atoms with Gasteiger partial charge in [0.15, 0.2) is 5.82 Å². The van der Waals surface area contributed by atoms with Crippen LogP contribution in [0.4, 0.5) is 0 Å². The lowest BCUT2D eigenvalue weighted by Crippen LogP contribution is -1.96. The van der Waals surface area contributed by atoms with E-state index in [1.807, 2.05) is 29.7 Å². The quantitative estimate of drug-likeness (QED) is 0.703. The molecule has 0 aliphatic heterocycles. The van der Waals surface area contributed by atoms with Gasteiger partial charge in [0.1, 0.15) is 5.82 Å². The molecule has 1 fully saturated rings. The highest BCUT2D eigenvalue weighted by Gasteiger charge is 2.29. The second-order valence-electron chi connectivity index (χ2n) is 5.23. The molecule has 0 radical (unpaired) electrons. The summed E-state index contributed by atoms with van der Waals surface area (Å²) in [4.78, 5) is 4.69. The largest absolute Gasteiger partial charge is 0.268 e. The maximum Gasteiger partial charge on any atom is 0.181 e. The highest BCUT2D eigenvalue weighted by molar-refractivity contribution is 5.83. The molecule has 1 aliphatic carbocycles. The van der Waals surface area contributed by atoms with Gasteiger partial charge in [0.2, 0.25) is 0 Å². The van der Waals surface area contributed by atoms with Gasteiger partial charge in [0, 0.05) is 31.0 Å². The fourth-order valence-corrected chi connectivity index (χ4v) is 2.50. The Morgan fingerprint density at radius 3 is 2.79 bits per heavy atom. The third-order valence-electron chi connectivity index (χ3n) is 3.75. The van der Waals surface area contributed by atoms with Crippen molar-refractivity contribution in [3.05, 3.63) is 30.2 Å². The highest BCUT2D eigenvalue weighted by Crippen LogP contribution is 2.39. The molecule has 5 nitrogen and oxygen atoms in total. The van der Waals surface area contributed by atoms with Crippen molar-refractivity contribution in [2.45, 2.75) is 18.8 Å². The molecular formula is C14H15N5. The van der Waals surface area contributed by atoms with Crippen LogP contribution >= 0.6 is 0 Å². The number of hydrogen-bond acceptors (Lipinski definition) is 3. The van der Waals surface area contributed by atoms with E-state index in [1.165, 1.54) is 12.8 Å². The van der Waals surface area contributed by atoms with E-state index >= 15 is 0 Å². The molecule has 5 heteroatoms. The van der Waals surface area contributed by atoms with E-state index in [4.69, 9.17) is 0 Å². The summed E-state index contributed by atoms with van der Waals surface area (Å²) in [5.74, 6) is 2.54. The summed E-state index contributed by atoms with van der Waals surface area (Å²) >= 11 is 0. The molecule has 0 spiro atoms. The monoisotopic (exact) mass is 253 g/mol. The Labute approximate surface area is 110 Å². The first kappa shape index (κ1) is 10.7. The van der Waals surface area contributed by atoms with E-state index in [-0.39, 0.29) is 0 Å². The van der Waals surface area contributed by atoms with Crippen molar-refractivity contribution in [1.29, 1.82) is 0 Å². The van der Waals surface area contributed by atoms with Crippen LogP contribution in [0.25, 0.3) is 22.3 Å². The molecule has 3 aromatic rings. The normalized spacial score (nSPS) is 15.3. The predicted molar refractivity (Wildman–Crippen MR) is 72.7 cm³/mol. The van der Waals surface area contributed by atoms with Crippen LogP contribution in [0, 0.1) is 0 Å². The summed E-state index contributed by atoms with van der Waals surface area (Å²) in [5, 5.41) is 9.94. The molecule has 19 heavy (non-hydrogen) atoms. The molecule has 1 saturated carbocycles. The molecule has 0 amide bonds. The first-order chi connectivity index (χ1) is 9.22. The number of aryl methyl sites for hydroxylation is 2. The van der Waals surface area contributed by atoms with Crippen molar-refractivity contribution < 1.29 is 0 Å². The zero-order chi connectivity index (χ0) is 13.0.